The highest BCUT2D eigenvalue weighted by molar-refractivity contribution is 6.30. The largest absolute Gasteiger partial charge is 0.481 e. The number of hydrogen-bond acceptors (Lipinski definition) is 5. The summed E-state index contributed by atoms with van der Waals surface area (Å²) in [6.07, 6.45) is 3.65. The Morgan fingerprint density at radius 2 is 1.76 bits per heavy atom. The summed E-state index contributed by atoms with van der Waals surface area (Å²) in [6, 6.07) is 18.2. The Morgan fingerprint density at radius 1 is 1.03 bits per heavy atom. The molecule has 0 atom stereocenters. The number of anilines is 2. The van der Waals surface area contributed by atoms with Gasteiger partial charge in [0.15, 0.2) is 5.65 Å². The van der Waals surface area contributed by atoms with E-state index in [9.17, 15) is 14.0 Å². The number of amides is 1. The molecule has 6 rings (SSSR count). The number of nitrogens with zero attached hydrogens (tertiary/aromatic N) is 3. The molecule has 2 fully saturated rings. The molecule has 2 aliphatic carbocycles. The summed E-state index contributed by atoms with van der Waals surface area (Å²) >= 11 is 5.79. The smallest absolute Gasteiger partial charge is 0.306 e. The Balaban J connectivity index is 0.000000412. The lowest BCUT2D eigenvalue weighted by molar-refractivity contribution is -0.138. The number of hydrogen-bond donors (Lipinski definition) is 3. The third kappa shape index (κ3) is 6.24. The minimum atomic E-state index is -0.630. The zero-order chi connectivity index (χ0) is 25.9. The number of benzene rings is 2. The quantitative estimate of drug-likeness (QED) is 0.291. The molecule has 2 saturated carbocycles. The standard InChI is InChI=1S/C23H19ClFN5O.C4H6O2/c24-17-10-11-19(18(25)12-17)26-13-14-4-6-15(7-5-14)20-2-1-3-21-27-23(29-30(20)21)28-22(31)16-8-9-16;5-4(6)3-1-2-3/h1-7,10-12,16,26H,8-9,13H2,(H,28,29,31);3H,1-2H2,(H,5,6). The zero-order valence-electron chi connectivity index (χ0n) is 19.8. The number of aliphatic carboxylic acids is 1. The summed E-state index contributed by atoms with van der Waals surface area (Å²) in [4.78, 5) is 26.2. The third-order valence-electron chi connectivity index (χ3n) is 6.13. The van der Waals surface area contributed by atoms with Crippen molar-refractivity contribution in [3.63, 3.8) is 0 Å². The van der Waals surface area contributed by atoms with E-state index in [4.69, 9.17) is 16.7 Å². The molecule has 2 heterocycles. The van der Waals surface area contributed by atoms with Gasteiger partial charge in [-0.25, -0.2) is 8.91 Å². The maximum Gasteiger partial charge on any atom is 0.306 e. The number of carboxylic acid groups (broad SMARTS) is 1. The number of carbonyl (C=O) groups is 2. The lowest BCUT2D eigenvalue weighted by Gasteiger charge is -2.09. The fraction of sp³-hybridized carbons (Fsp3) is 0.259. The van der Waals surface area contributed by atoms with Crippen molar-refractivity contribution in [3.05, 3.63) is 77.1 Å². The molecule has 10 heteroatoms. The summed E-state index contributed by atoms with van der Waals surface area (Å²) in [5.74, 6) is -0.610. The SMILES string of the molecule is O=C(Nc1nc2cccc(-c3ccc(CNc4ccc(Cl)cc4F)cc3)n2n1)C1CC1.O=C(O)C1CC1. The van der Waals surface area contributed by atoms with Gasteiger partial charge in [0.2, 0.25) is 11.9 Å². The van der Waals surface area contributed by atoms with Crippen molar-refractivity contribution in [2.45, 2.75) is 32.2 Å². The van der Waals surface area contributed by atoms with Crippen molar-refractivity contribution in [1.29, 1.82) is 0 Å². The maximum atomic E-state index is 13.9. The topological polar surface area (TPSA) is 109 Å². The van der Waals surface area contributed by atoms with Gasteiger partial charge in [-0.3, -0.25) is 14.9 Å². The lowest BCUT2D eigenvalue weighted by atomic mass is 10.1. The van der Waals surface area contributed by atoms with Crippen molar-refractivity contribution >= 4 is 40.8 Å². The molecule has 0 aliphatic heterocycles. The number of fused-ring (bicyclic) bond motifs is 1. The van der Waals surface area contributed by atoms with E-state index in [2.05, 4.69) is 20.7 Å². The van der Waals surface area contributed by atoms with Crippen molar-refractivity contribution in [3.8, 4) is 11.3 Å². The first-order valence-corrected chi connectivity index (χ1v) is 12.4. The second-order valence-corrected chi connectivity index (χ2v) is 9.60. The molecule has 3 N–H and O–H groups in total. The van der Waals surface area contributed by atoms with E-state index in [0.717, 1.165) is 42.5 Å². The second kappa shape index (κ2) is 10.6. The molecule has 8 nitrogen and oxygen atoms in total. The van der Waals surface area contributed by atoms with Crippen LogP contribution in [0.2, 0.25) is 5.02 Å². The van der Waals surface area contributed by atoms with Crippen LogP contribution in [0.3, 0.4) is 0 Å². The Labute approximate surface area is 217 Å². The van der Waals surface area contributed by atoms with E-state index in [-0.39, 0.29) is 23.6 Å². The van der Waals surface area contributed by atoms with Crippen molar-refractivity contribution in [2.24, 2.45) is 11.8 Å². The van der Waals surface area contributed by atoms with Gasteiger partial charge in [-0.1, -0.05) is 41.9 Å². The minimum Gasteiger partial charge on any atom is -0.481 e. The summed E-state index contributed by atoms with van der Waals surface area (Å²) in [5, 5.41) is 18.8. The van der Waals surface area contributed by atoms with Crippen LogP contribution in [0.5, 0.6) is 0 Å². The molecule has 2 aromatic carbocycles. The molecule has 37 heavy (non-hydrogen) atoms. The Hall–Kier alpha value is -3.98. The molecule has 2 aromatic heterocycles. The van der Waals surface area contributed by atoms with Gasteiger partial charge in [0.05, 0.1) is 17.3 Å². The predicted octanol–water partition coefficient (Wildman–Crippen LogP) is 5.63. The maximum absolute atomic E-state index is 13.9. The number of aromatic nitrogens is 3. The van der Waals surface area contributed by atoms with Gasteiger partial charge in [0.1, 0.15) is 5.82 Å². The number of rotatable bonds is 7. The zero-order valence-corrected chi connectivity index (χ0v) is 20.6. The van der Waals surface area contributed by atoms with E-state index in [1.54, 1.807) is 16.6 Å². The normalized spacial score (nSPS) is 14.5. The molecule has 0 bridgehead atoms. The van der Waals surface area contributed by atoms with E-state index in [1.165, 1.54) is 6.07 Å². The molecule has 4 aromatic rings. The lowest BCUT2D eigenvalue weighted by Crippen LogP contribution is -2.14. The van der Waals surface area contributed by atoms with Crippen molar-refractivity contribution in [2.75, 3.05) is 10.6 Å². The number of carboxylic acids is 1. The third-order valence-corrected chi connectivity index (χ3v) is 6.37. The fourth-order valence-electron chi connectivity index (χ4n) is 3.69. The fourth-order valence-corrected chi connectivity index (χ4v) is 3.85. The van der Waals surface area contributed by atoms with Gasteiger partial charge in [-0.2, -0.15) is 4.98 Å². The average molecular weight is 522 g/mol. The highest BCUT2D eigenvalue weighted by Gasteiger charge is 2.30. The van der Waals surface area contributed by atoms with Crippen LogP contribution in [0.15, 0.2) is 60.7 Å². The predicted molar refractivity (Wildman–Crippen MR) is 139 cm³/mol. The molecular formula is C27H25ClFN5O3. The number of nitrogens with one attached hydrogen (secondary N) is 2. The molecule has 190 valence electrons. The molecule has 0 unspecified atom stereocenters. The molecule has 1 amide bonds. The van der Waals surface area contributed by atoms with Gasteiger partial charge >= 0.3 is 5.97 Å². The number of carbonyl (C=O) groups excluding carboxylic acids is 1. The van der Waals surface area contributed by atoms with Crippen LogP contribution in [0, 0.1) is 17.7 Å². The van der Waals surface area contributed by atoms with Gasteiger partial charge in [-0.05, 0) is 61.6 Å². The van der Waals surface area contributed by atoms with E-state index in [0.29, 0.717) is 28.9 Å². The average Bonchev–Trinajstić information content (AvgIpc) is 3.80. The van der Waals surface area contributed by atoms with Crippen molar-refractivity contribution < 1.29 is 19.1 Å². The molecule has 0 saturated heterocycles. The van der Waals surface area contributed by atoms with Gasteiger partial charge in [0.25, 0.3) is 0 Å². The number of halogens is 2. The summed E-state index contributed by atoms with van der Waals surface area (Å²) in [6.45, 7) is 0.476. The Kier molecular flexibility index (Phi) is 7.05. The van der Waals surface area contributed by atoms with Crippen LogP contribution >= 0.6 is 11.6 Å². The van der Waals surface area contributed by atoms with Gasteiger partial charge in [-0.15, -0.1) is 5.10 Å². The minimum absolute atomic E-state index is 0.0185. The Morgan fingerprint density at radius 3 is 2.38 bits per heavy atom. The monoisotopic (exact) mass is 521 g/mol. The highest BCUT2D eigenvalue weighted by Crippen LogP contribution is 2.30. The summed E-state index contributed by atoms with van der Waals surface area (Å²) < 4.78 is 15.6. The molecule has 0 radical (unpaired) electrons. The Bertz CT molecular complexity index is 1450. The molecular weight excluding hydrogens is 497 g/mol. The van der Waals surface area contributed by atoms with Crippen LogP contribution in [-0.2, 0) is 16.1 Å². The van der Waals surface area contributed by atoms with Crippen LogP contribution in [0.25, 0.3) is 16.9 Å². The van der Waals surface area contributed by atoms with Crippen LogP contribution in [0.4, 0.5) is 16.0 Å². The van der Waals surface area contributed by atoms with E-state index < -0.39 is 5.97 Å². The van der Waals surface area contributed by atoms with Crippen LogP contribution in [0.1, 0.15) is 31.2 Å². The summed E-state index contributed by atoms with van der Waals surface area (Å²) in [7, 11) is 0. The van der Waals surface area contributed by atoms with Gasteiger partial charge in [0, 0.05) is 23.0 Å². The first-order valence-electron chi connectivity index (χ1n) is 12.0. The first kappa shape index (κ1) is 24.7. The first-order chi connectivity index (χ1) is 17.9. The van der Waals surface area contributed by atoms with Gasteiger partial charge < -0.3 is 10.4 Å². The molecule has 2 aliphatic rings. The van der Waals surface area contributed by atoms with Crippen LogP contribution in [-0.4, -0.2) is 31.6 Å². The second-order valence-electron chi connectivity index (χ2n) is 9.17. The molecule has 0 spiro atoms. The number of pyridine rings is 1. The van der Waals surface area contributed by atoms with Crippen molar-refractivity contribution in [1.82, 2.24) is 14.6 Å². The highest BCUT2D eigenvalue weighted by atomic mass is 35.5. The summed E-state index contributed by atoms with van der Waals surface area (Å²) in [5.41, 5.74) is 3.88. The van der Waals surface area contributed by atoms with E-state index >= 15 is 0 Å². The van der Waals surface area contributed by atoms with Crippen LogP contribution < -0.4 is 10.6 Å². The van der Waals surface area contributed by atoms with E-state index in [1.807, 2.05) is 42.5 Å².